The zero-order valence-corrected chi connectivity index (χ0v) is 21.4. The van der Waals surface area contributed by atoms with Crippen molar-refractivity contribution in [3.8, 4) is 0 Å². The fourth-order valence-corrected chi connectivity index (χ4v) is 6.23. The van der Waals surface area contributed by atoms with E-state index in [-0.39, 0.29) is 11.9 Å². The van der Waals surface area contributed by atoms with E-state index in [1.807, 2.05) is 37.3 Å². The average molecular weight is 490 g/mol. The normalized spacial score (nSPS) is 19.5. The number of hydrogen-bond acceptors (Lipinski definition) is 2. The Morgan fingerprint density at radius 1 is 1.03 bits per heavy atom. The number of carbonyl (C=O) groups excluding carboxylic acids is 1. The van der Waals surface area contributed by atoms with Gasteiger partial charge in [-0.2, -0.15) is 5.10 Å². The van der Waals surface area contributed by atoms with Crippen LogP contribution in [0.5, 0.6) is 0 Å². The van der Waals surface area contributed by atoms with Crippen LogP contribution in [0.25, 0.3) is 0 Å². The highest BCUT2D eigenvalue weighted by Gasteiger charge is 2.33. The van der Waals surface area contributed by atoms with Crippen molar-refractivity contribution >= 4 is 17.5 Å². The van der Waals surface area contributed by atoms with Crippen LogP contribution >= 0.6 is 11.6 Å². The van der Waals surface area contributed by atoms with Crippen LogP contribution < -0.4 is 5.32 Å². The molecule has 184 valence electrons. The molecule has 0 aliphatic heterocycles. The SMILES string of the molecule is C[C@@H](NC(=O)c1nn(C2CCCCC2)c2c1CCCCC2Cc1cccc(Cl)c1)c1ccccc1. The van der Waals surface area contributed by atoms with Gasteiger partial charge in [-0.3, -0.25) is 9.48 Å². The van der Waals surface area contributed by atoms with Crippen LogP contribution in [0.4, 0.5) is 0 Å². The predicted molar refractivity (Wildman–Crippen MR) is 142 cm³/mol. The van der Waals surface area contributed by atoms with E-state index >= 15 is 0 Å². The lowest BCUT2D eigenvalue weighted by molar-refractivity contribution is 0.0932. The molecule has 35 heavy (non-hydrogen) atoms. The van der Waals surface area contributed by atoms with E-state index in [2.05, 4.69) is 34.3 Å². The van der Waals surface area contributed by atoms with Crippen molar-refractivity contribution in [2.24, 2.45) is 0 Å². The van der Waals surface area contributed by atoms with E-state index in [0.29, 0.717) is 17.7 Å². The zero-order chi connectivity index (χ0) is 24.2. The van der Waals surface area contributed by atoms with Gasteiger partial charge < -0.3 is 5.32 Å². The first-order valence-corrected chi connectivity index (χ1v) is 13.7. The number of amides is 1. The second kappa shape index (κ2) is 11.0. The minimum Gasteiger partial charge on any atom is -0.344 e. The van der Waals surface area contributed by atoms with Crippen molar-refractivity contribution in [1.29, 1.82) is 0 Å². The van der Waals surface area contributed by atoms with E-state index in [4.69, 9.17) is 16.7 Å². The average Bonchev–Trinajstić information content (AvgIpc) is 3.15. The third-order valence-corrected chi connectivity index (χ3v) is 8.05. The minimum atomic E-state index is -0.0628. The number of hydrogen-bond donors (Lipinski definition) is 1. The van der Waals surface area contributed by atoms with Gasteiger partial charge in [0.05, 0.1) is 12.1 Å². The zero-order valence-electron chi connectivity index (χ0n) is 20.7. The van der Waals surface area contributed by atoms with E-state index in [1.165, 1.54) is 42.5 Å². The Morgan fingerprint density at radius 2 is 1.80 bits per heavy atom. The highest BCUT2D eigenvalue weighted by Crippen LogP contribution is 2.39. The topological polar surface area (TPSA) is 46.9 Å². The summed E-state index contributed by atoms with van der Waals surface area (Å²) in [6.07, 6.45) is 11.3. The first kappa shape index (κ1) is 24.1. The molecular formula is C30H36ClN3O. The fourth-order valence-electron chi connectivity index (χ4n) is 6.01. The van der Waals surface area contributed by atoms with Crippen LogP contribution in [0, 0.1) is 0 Å². The van der Waals surface area contributed by atoms with Gasteiger partial charge in [-0.05, 0) is 68.7 Å². The lowest BCUT2D eigenvalue weighted by atomic mass is 9.89. The number of rotatable bonds is 6. The first-order valence-electron chi connectivity index (χ1n) is 13.3. The summed E-state index contributed by atoms with van der Waals surface area (Å²) in [6, 6.07) is 18.7. The second-order valence-electron chi connectivity index (χ2n) is 10.3. The number of halogens is 1. The molecule has 0 radical (unpaired) electrons. The van der Waals surface area contributed by atoms with Crippen molar-refractivity contribution in [2.75, 3.05) is 0 Å². The van der Waals surface area contributed by atoms with Crippen molar-refractivity contribution in [2.45, 2.75) is 89.1 Å². The summed E-state index contributed by atoms with van der Waals surface area (Å²) in [5.74, 6) is 0.309. The van der Waals surface area contributed by atoms with Crippen molar-refractivity contribution in [3.63, 3.8) is 0 Å². The third-order valence-electron chi connectivity index (χ3n) is 7.82. The number of fused-ring (bicyclic) bond motifs is 1. The summed E-state index contributed by atoms with van der Waals surface area (Å²) in [6.45, 7) is 2.05. The van der Waals surface area contributed by atoms with Crippen LogP contribution in [-0.4, -0.2) is 15.7 Å². The van der Waals surface area contributed by atoms with Crippen molar-refractivity contribution < 1.29 is 4.79 Å². The van der Waals surface area contributed by atoms with Gasteiger partial charge in [-0.1, -0.05) is 79.7 Å². The Labute approximate surface area is 214 Å². The monoisotopic (exact) mass is 489 g/mol. The molecule has 1 heterocycles. The van der Waals surface area contributed by atoms with Gasteiger partial charge in [-0.25, -0.2) is 0 Å². The Morgan fingerprint density at radius 3 is 2.57 bits per heavy atom. The summed E-state index contributed by atoms with van der Waals surface area (Å²) in [5.41, 5.74) is 5.50. The molecule has 5 heteroatoms. The Balaban J connectivity index is 1.51. The van der Waals surface area contributed by atoms with E-state index in [1.54, 1.807) is 0 Å². The van der Waals surface area contributed by atoms with Crippen LogP contribution in [-0.2, 0) is 12.8 Å². The molecule has 0 spiro atoms. The molecule has 2 aliphatic carbocycles. The number of benzene rings is 2. The molecule has 4 nitrogen and oxygen atoms in total. The highest BCUT2D eigenvalue weighted by atomic mass is 35.5. The number of aromatic nitrogens is 2. The lowest BCUT2D eigenvalue weighted by Crippen LogP contribution is -2.28. The molecule has 1 fully saturated rings. The van der Waals surface area contributed by atoms with E-state index < -0.39 is 0 Å². The van der Waals surface area contributed by atoms with Gasteiger partial charge >= 0.3 is 0 Å². The maximum Gasteiger partial charge on any atom is 0.272 e. The smallest absolute Gasteiger partial charge is 0.272 e. The molecule has 1 aromatic heterocycles. The van der Waals surface area contributed by atoms with Crippen molar-refractivity contribution in [1.82, 2.24) is 15.1 Å². The fraction of sp³-hybridized carbons (Fsp3) is 0.467. The quantitative estimate of drug-likeness (QED) is 0.362. The van der Waals surface area contributed by atoms with Crippen LogP contribution in [0.15, 0.2) is 54.6 Å². The maximum atomic E-state index is 13.6. The summed E-state index contributed by atoms with van der Waals surface area (Å²) >= 11 is 6.32. The second-order valence-corrected chi connectivity index (χ2v) is 10.8. The van der Waals surface area contributed by atoms with Crippen LogP contribution in [0.2, 0.25) is 5.02 Å². The predicted octanol–water partition coefficient (Wildman–Crippen LogP) is 7.59. The number of nitrogens with zero attached hydrogens (tertiary/aromatic N) is 2. The summed E-state index contributed by atoms with van der Waals surface area (Å²) in [5, 5.41) is 9.12. The molecule has 1 N–H and O–H groups in total. The van der Waals surface area contributed by atoms with E-state index in [9.17, 15) is 4.79 Å². The molecule has 1 amide bonds. The molecular weight excluding hydrogens is 454 g/mol. The largest absolute Gasteiger partial charge is 0.344 e. The van der Waals surface area contributed by atoms with Gasteiger partial charge in [0.1, 0.15) is 0 Å². The van der Waals surface area contributed by atoms with Crippen molar-refractivity contribution in [3.05, 3.63) is 87.7 Å². The number of carbonyl (C=O) groups is 1. The summed E-state index contributed by atoms with van der Waals surface area (Å²) in [4.78, 5) is 13.6. The lowest BCUT2D eigenvalue weighted by Gasteiger charge is -2.27. The Bertz CT molecular complexity index is 1150. The number of nitrogens with one attached hydrogen (secondary N) is 1. The molecule has 2 aromatic carbocycles. The van der Waals surface area contributed by atoms with Crippen LogP contribution in [0.1, 0.15) is 109 Å². The molecule has 3 aromatic rings. The molecule has 2 aliphatic rings. The molecule has 0 saturated heterocycles. The van der Waals surface area contributed by atoms with Gasteiger partial charge in [-0.15, -0.1) is 0 Å². The van der Waals surface area contributed by atoms with Gasteiger partial charge in [0, 0.05) is 22.2 Å². The van der Waals surface area contributed by atoms with Gasteiger partial charge in [0.15, 0.2) is 5.69 Å². The van der Waals surface area contributed by atoms with Gasteiger partial charge in [0.2, 0.25) is 0 Å². The molecule has 1 saturated carbocycles. The minimum absolute atomic E-state index is 0.0458. The summed E-state index contributed by atoms with van der Waals surface area (Å²) in [7, 11) is 0. The van der Waals surface area contributed by atoms with E-state index in [0.717, 1.165) is 49.1 Å². The molecule has 0 bridgehead atoms. The maximum absolute atomic E-state index is 13.6. The molecule has 2 atom stereocenters. The van der Waals surface area contributed by atoms with Gasteiger partial charge in [0.25, 0.3) is 5.91 Å². The first-order chi connectivity index (χ1) is 17.1. The Hall–Kier alpha value is -2.59. The highest BCUT2D eigenvalue weighted by molar-refractivity contribution is 6.30. The summed E-state index contributed by atoms with van der Waals surface area (Å²) < 4.78 is 2.29. The molecule has 1 unspecified atom stereocenters. The Kier molecular flexibility index (Phi) is 7.57. The standard InChI is InChI=1S/C30H36ClN3O/c1-21(23-12-4-2-5-13-23)32-30(35)28-27-18-9-8-14-24(19-22-11-10-15-25(31)20-22)29(27)34(33-28)26-16-6-3-7-17-26/h2,4-5,10-13,15,20-21,24,26H,3,6-9,14,16-19H2,1H3,(H,32,35)/t21-,24?/m1/s1. The van der Waals surface area contributed by atoms with Crippen LogP contribution in [0.3, 0.4) is 0 Å². The molecule has 5 rings (SSSR count). The third kappa shape index (κ3) is 5.48.